The van der Waals surface area contributed by atoms with E-state index < -0.39 is 5.97 Å². The third-order valence-corrected chi connectivity index (χ3v) is 2.81. The van der Waals surface area contributed by atoms with Crippen LogP contribution in [0.3, 0.4) is 0 Å². The molecule has 2 aromatic rings. The molecule has 0 amide bonds. The van der Waals surface area contributed by atoms with E-state index in [1.54, 1.807) is 12.3 Å². The van der Waals surface area contributed by atoms with Gasteiger partial charge in [-0.15, -0.1) is 11.3 Å². The number of nitrogens with zero attached hydrogens (tertiary/aromatic N) is 1. The summed E-state index contributed by atoms with van der Waals surface area (Å²) in [6.45, 7) is 0. The summed E-state index contributed by atoms with van der Waals surface area (Å²) < 4.78 is 0. The topological polar surface area (TPSA) is 53.0 Å². The van der Waals surface area contributed by atoms with Crippen LogP contribution in [0.2, 0.25) is 0 Å². The van der Waals surface area contributed by atoms with E-state index in [0.717, 1.165) is 10.6 Å². The fourth-order valence-corrected chi connectivity index (χ4v) is 1.91. The normalized spacial score (nSPS) is 10.0. The van der Waals surface area contributed by atoms with Crippen molar-refractivity contribution in [2.75, 3.05) is 0 Å². The molecule has 0 atom stereocenters. The van der Waals surface area contributed by atoms with Gasteiger partial charge in [0.15, 0.2) is 0 Å². The van der Waals surface area contributed by atoms with Gasteiger partial charge in [-0.25, -0.2) is 0 Å². The average molecular weight is 204 g/mol. The summed E-state index contributed by atoms with van der Waals surface area (Å²) in [5.74, 6) is -1.14. The average Bonchev–Trinajstić information content (AvgIpc) is 2.68. The highest BCUT2D eigenvalue weighted by Crippen LogP contribution is 2.25. The minimum atomic E-state index is -1.14. The van der Waals surface area contributed by atoms with Crippen molar-refractivity contribution in [1.29, 1.82) is 0 Å². The molecule has 0 aliphatic heterocycles. The van der Waals surface area contributed by atoms with Crippen LogP contribution in [0.25, 0.3) is 10.6 Å². The minimum Gasteiger partial charge on any atom is -0.544 e. The predicted molar refractivity (Wildman–Crippen MR) is 51.9 cm³/mol. The molecule has 0 saturated heterocycles. The Kier molecular flexibility index (Phi) is 2.28. The molecule has 3 nitrogen and oxygen atoms in total. The minimum absolute atomic E-state index is 0.227. The first kappa shape index (κ1) is 8.90. The summed E-state index contributed by atoms with van der Waals surface area (Å²) in [6, 6.07) is 8.78. The zero-order valence-electron chi connectivity index (χ0n) is 7.14. The molecule has 0 radical (unpaired) electrons. The Morgan fingerprint density at radius 3 is 2.71 bits per heavy atom. The number of aromatic carboxylic acids is 1. The van der Waals surface area contributed by atoms with Crippen molar-refractivity contribution in [3.8, 4) is 10.6 Å². The van der Waals surface area contributed by atoms with E-state index in [1.165, 1.54) is 17.4 Å². The highest BCUT2D eigenvalue weighted by molar-refractivity contribution is 7.17. The van der Waals surface area contributed by atoms with Crippen LogP contribution in [0, 0.1) is 0 Å². The van der Waals surface area contributed by atoms with E-state index in [1.807, 2.05) is 18.2 Å². The van der Waals surface area contributed by atoms with Crippen molar-refractivity contribution in [2.24, 2.45) is 0 Å². The monoisotopic (exact) mass is 204 g/mol. The van der Waals surface area contributed by atoms with Crippen LogP contribution in [0.1, 0.15) is 9.67 Å². The molecule has 4 heteroatoms. The SMILES string of the molecule is O=C([O-])c1ccc(-c2ccccn2)s1. The van der Waals surface area contributed by atoms with E-state index in [4.69, 9.17) is 0 Å². The van der Waals surface area contributed by atoms with E-state index in [2.05, 4.69) is 4.98 Å². The molecule has 2 rings (SSSR count). The van der Waals surface area contributed by atoms with Crippen LogP contribution in [0.4, 0.5) is 0 Å². The Hall–Kier alpha value is -1.68. The number of carbonyl (C=O) groups excluding carboxylic acids is 1. The van der Waals surface area contributed by atoms with Crippen LogP contribution in [0.15, 0.2) is 36.5 Å². The molecular weight excluding hydrogens is 198 g/mol. The lowest BCUT2D eigenvalue weighted by atomic mass is 10.3. The predicted octanol–water partition coefficient (Wildman–Crippen LogP) is 1.17. The second-order valence-corrected chi connectivity index (χ2v) is 3.75. The van der Waals surface area contributed by atoms with E-state index in [9.17, 15) is 9.90 Å². The van der Waals surface area contributed by atoms with Gasteiger partial charge in [0.1, 0.15) is 0 Å². The fraction of sp³-hybridized carbons (Fsp3) is 0. The number of thiophene rings is 1. The van der Waals surface area contributed by atoms with Gasteiger partial charge in [0.25, 0.3) is 0 Å². The van der Waals surface area contributed by atoms with Gasteiger partial charge < -0.3 is 9.90 Å². The number of hydrogen-bond acceptors (Lipinski definition) is 4. The maximum atomic E-state index is 10.5. The first-order valence-electron chi connectivity index (χ1n) is 4.00. The quantitative estimate of drug-likeness (QED) is 0.738. The number of carbonyl (C=O) groups is 1. The molecule has 0 spiro atoms. The molecule has 70 valence electrons. The van der Waals surface area contributed by atoms with Gasteiger partial charge in [-0.1, -0.05) is 6.07 Å². The first-order chi connectivity index (χ1) is 6.77. The molecule has 2 heterocycles. The van der Waals surface area contributed by atoms with Gasteiger partial charge in [-0.05, 0) is 24.3 Å². The molecular formula is C10H6NO2S-. The van der Waals surface area contributed by atoms with Crippen LogP contribution < -0.4 is 5.11 Å². The lowest BCUT2D eigenvalue weighted by Gasteiger charge is -1.95. The Morgan fingerprint density at radius 1 is 1.29 bits per heavy atom. The summed E-state index contributed by atoms with van der Waals surface area (Å²) in [7, 11) is 0. The fourth-order valence-electron chi connectivity index (χ4n) is 1.09. The molecule has 0 N–H and O–H groups in total. The number of carboxylic acid groups (broad SMARTS) is 1. The van der Waals surface area contributed by atoms with Gasteiger partial charge in [0.2, 0.25) is 0 Å². The highest BCUT2D eigenvalue weighted by Gasteiger charge is 2.03. The Balaban J connectivity index is 2.39. The second-order valence-electron chi connectivity index (χ2n) is 2.67. The second kappa shape index (κ2) is 3.59. The van der Waals surface area contributed by atoms with Crippen LogP contribution in [0.5, 0.6) is 0 Å². The van der Waals surface area contributed by atoms with Crippen molar-refractivity contribution in [3.63, 3.8) is 0 Å². The summed E-state index contributed by atoms with van der Waals surface area (Å²) in [5.41, 5.74) is 0.782. The van der Waals surface area contributed by atoms with Gasteiger partial charge in [0, 0.05) is 6.20 Å². The maximum absolute atomic E-state index is 10.5. The lowest BCUT2D eigenvalue weighted by Crippen LogP contribution is -2.20. The molecule has 0 aromatic carbocycles. The number of rotatable bonds is 2. The first-order valence-corrected chi connectivity index (χ1v) is 4.81. The van der Waals surface area contributed by atoms with E-state index >= 15 is 0 Å². The highest BCUT2D eigenvalue weighted by atomic mass is 32.1. The summed E-state index contributed by atoms with van der Waals surface area (Å²) in [6.07, 6.45) is 1.67. The van der Waals surface area contributed by atoms with Crippen LogP contribution in [-0.2, 0) is 0 Å². The number of pyridine rings is 1. The van der Waals surface area contributed by atoms with Crippen molar-refractivity contribution in [2.45, 2.75) is 0 Å². The molecule has 0 fully saturated rings. The molecule has 14 heavy (non-hydrogen) atoms. The number of aromatic nitrogens is 1. The van der Waals surface area contributed by atoms with Crippen LogP contribution >= 0.6 is 11.3 Å². The standard InChI is InChI=1S/C10H7NO2S/c12-10(13)9-5-4-8(14-9)7-3-1-2-6-11-7/h1-6H,(H,12,13)/p-1. The smallest absolute Gasteiger partial charge is 0.0815 e. The summed E-state index contributed by atoms with van der Waals surface area (Å²) >= 11 is 1.17. The molecule has 0 saturated carbocycles. The summed E-state index contributed by atoms with van der Waals surface area (Å²) in [5, 5.41) is 10.5. The van der Waals surface area contributed by atoms with Gasteiger partial charge in [-0.3, -0.25) is 4.98 Å². The van der Waals surface area contributed by atoms with E-state index in [-0.39, 0.29) is 4.88 Å². The largest absolute Gasteiger partial charge is 0.544 e. The summed E-state index contributed by atoms with van der Waals surface area (Å²) in [4.78, 5) is 15.7. The van der Waals surface area contributed by atoms with Crippen molar-refractivity contribution in [1.82, 2.24) is 4.98 Å². The van der Waals surface area contributed by atoms with E-state index in [0.29, 0.717) is 0 Å². The Labute approximate surface area is 84.7 Å². The van der Waals surface area contributed by atoms with Crippen molar-refractivity contribution >= 4 is 17.3 Å². The third kappa shape index (κ3) is 1.65. The van der Waals surface area contributed by atoms with Crippen molar-refractivity contribution < 1.29 is 9.90 Å². The van der Waals surface area contributed by atoms with Gasteiger partial charge in [-0.2, -0.15) is 0 Å². The molecule has 0 aliphatic carbocycles. The number of carboxylic acids is 1. The maximum Gasteiger partial charge on any atom is 0.0815 e. The Morgan fingerprint density at radius 2 is 2.14 bits per heavy atom. The molecule has 2 aromatic heterocycles. The molecule has 0 unspecified atom stereocenters. The molecule has 0 bridgehead atoms. The van der Waals surface area contributed by atoms with Gasteiger partial charge in [0.05, 0.1) is 21.4 Å². The number of hydrogen-bond donors (Lipinski definition) is 0. The van der Waals surface area contributed by atoms with Crippen LogP contribution in [-0.4, -0.2) is 11.0 Å². The lowest BCUT2D eigenvalue weighted by molar-refractivity contribution is -0.254. The van der Waals surface area contributed by atoms with Gasteiger partial charge >= 0.3 is 0 Å². The Bertz CT molecular complexity index is 450. The zero-order chi connectivity index (χ0) is 9.97. The third-order valence-electron chi connectivity index (χ3n) is 1.72. The molecule has 0 aliphatic rings. The van der Waals surface area contributed by atoms with Crippen molar-refractivity contribution in [3.05, 3.63) is 41.4 Å². The zero-order valence-corrected chi connectivity index (χ0v) is 7.95.